The van der Waals surface area contributed by atoms with Crippen molar-refractivity contribution >= 4 is 50.9 Å². The van der Waals surface area contributed by atoms with Crippen molar-refractivity contribution in [3.63, 3.8) is 0 Å². The summed E-state index contributed by atoms with van der Waals surface area (Å²) in [6, 6.07) is 14.6. The first-order chi connectivity index (χ1) is 20.0. The third-order valence-electron chi connectivity index (χ3n) is 9.30. The molecule has 1 spiro atoms. The molecule has 3 aliphatic rings. The predicted octanol–water partition coefficient (Wildman–Crippen LogP) is 3.92. The van der Waals surface area contributed by atoms with E-state index >= 15 is 0 Å². The molecule has 0 unspecified atom stereocenters. The molecule has 3 heterocycles. The summed E-state index contributed by atoms with van der Waals surface area (Å²) in [6.07, 6.45) is 4.50. The van der Waals surface area contributed by atoms with Crippen molar-refractivity contribution in [3.05, 3.63) is 76.6 Å². The Hall–Kier alpha value is -3.47. The molecule has 6 rings (SSSR count). The van der Waals surface area contributed by atoms with Crippen LogP contribution in [0.3, 0.4) is 0 Å². The molecule has 1 aromatic heterocycles. The number of carbonyl (C=O) groups is 3. The number of nitrogens with one attached hydrogen (secondary N) is 2. The maximum atomic E-state index is 14.4. The van der Waals surface area contributed by atoms with E-state index in [0.717, 1.165) is 29.7 Å². The lowest BCUT2D eigenvalue weighted by atomic mass is 9.75. The number of ether oxygens (including phenoxy) is 1. The van der Waals surface area contributed by atoms with E-state index in [1.165, 1.54) is 10.9 Å². The summed E-state index contributed by atoms with van der Waals surface area (Å²) in [7, 11) is 7.27. The largest absolute Gasteiger partial charge is 0.381 e. The van der Waals surface area contributed by atoms with Crippen molar-refractivity contribution in [2.24, 2.45) is 12.5 Å². The highest BCUT2D eigenvalue weighted by molar-refractivity contribution is 6.34. The predicted molar refractivity (Wildman–Crippen MR) is 161 cm³/mol. The monoisotopic (exact) mass is 602 g/mol. The molecule has 0 bridgehead atoms. The van der Waals surface area contributed by atoms with Crippen LogP contribution in [0.15, 0.2) is 54.7 Å². The van der Waals surface area contributed by atoms with Gasteiger partial charge in [-0.2, -0.15) is 5.10 Å². The van der Waals surface area contributed by atoms with E-state index in [1.807, 2.05) is 36.4 Å². The third kappa shape index (κ3) is 4.56. The van der Waals surface area contributed by atoms with Gasteiger partial charge in [-0.25, -0.2) is 0 Å². The van der Waals surface area contributed by atoms with Gasteiger partial charge in [0.2, 0.25) is 11.8 Å². The molecule has 1 saturated heterocycles. The summed E-state index contributed by atoms with van der Waals surface area (Å²) >= 11 is 6.72. The number of amides is 3. The number of hydrogen-bond acceptors (Lipinski definition) is 5. The molecule has 2 fully saturated rings. The molecule has 42 heavy (non-hydrogen) atoms. The lowest BCUT2D eigenvalue weighted by Crippen LogP contribution is -2.63. The number of aryl methyl sites for hydroxylation is 1. The first-order valence-corrected chi connectivity index (χ1v) is 15.0. The zero-order valence-electron chi connectivity index (χ0n) is 23.9. The van der Waals surface area contributed by atoms with Crippen molar-refractivity contribution in [1.29, 1.82) is 0 Å². The maximum absolute atomic E-state index is 14.4. The fourth-order valence-electron chi connectivity index (χ4n) is 6.70. The summed E-state index contributed by atoms with van der Waals surface area (Å²) in [4.78, 5) is 43.1. The van der Waals surface area contributed by atoms with Gasteiger partial charge in [0.05, 0.1) is 15.7 Å². The molecule has 1 aliphatic carbocycles. The second kappa shape index (κ2) is 10.4. The van der Waals surface area contributed by atoms with Gasteiger partial charge in [-0.15, -0.1) is 0 Å². The molecule has 2 N–H and O–H groups in total. The SMILES string of the molecule is CN1C(=O)C2(CCOCC2)c2ccc(NC(=O)[C@]([Si])(NC(=O)c3ccnn3C)[C@H](c3ccccc3Cl)C3(C)CC3)cc21. The van der Waals surface area contributed by atoms with Crippen LogP contribution >= 0.6 is 11.6 Å². The number of halogens is 1. The van der Waals surface area contributed by atoms with Crippen LogP contribution < -0.4 is 15.5 Å². The molecule has 217 valence electrons. The van der Waals surface area contributed by atoms with Gasteiger partial charge in [-0.3, -0.25) is 19.1 Å². The van der Waals surface area contributed by atoms with Gasteiger partial charge in [0.1, 0.15) is 10.9 Å². The summed E-state index contributed by atoms with van der Waals surface area (Å²) in [5.74, 6) is -1.37. The number of rotatable bonds is 7. The van der Waals surface area contributed by atoms with Gasteiger partial charge in [0.25, 0.3) is 5.91 Å². The van der Waals surface area contributed by atoms with E-state index in [-0.39, 0.29) is 11.3 Å². The average Bonchev–Trinajstić information content (AvgIpc) is 3.50. The number of fused-ring (bicyclic) bond motifs is 2. The first kappa shape index (κ1) is 28.6. The Labute approximate surface area is 253 Å². The van der Waals surface area contributed by atoms with E-state index in [0.29, 0.717) is 42.5 Å². The highest BCUT2D eigenvalue weighted by Crippen LogP contribution is 2.60. The fourth-order valence-corrected chi connectivity index (χ4v) is 7.62. The fraction of sp³-hybridized carbons (Fsp3) is 0.419. The highest BCUT2D eigenvalue weighted by atomic mass is 35.5. The Bertz CT molecular complexity index is 1580. The molecule has 3 radical (unpaired) electrons. The van der Waals surface area contributed by atoms with E-state index < -0.39 is 28.3 Å². The number of likely N-dealkylation sites (N-methyl/N-ethyl adjacent to an activating group) is 1. The van der Waals surface area contributed by atoms with Crippen LogP contribution in [0.2, 0.25) is 5.02 Å². The Balaban J connectivity index is 1.39. The molecular formula is C31H33ClN5O4Si. The average molecular weight is 603 g/mol. The zero-order chi connectivity index (χ0) is 29.9. The normalized spacial score (nSPS) is 20.5. The van der Waals surface area contributed by atoms with Crippen LogP contribution in [0.5, 0.6) is 0 Å². The number of anilines is 2. The molecule has 1 saturated carbocycles. The van der Waals surface area contributed by atoms with E-state index in [9.17, 15) is 14.4 Å². The van der Waals surface area contributed by atoms with Crippen LogP contribution in [-0.2, 0) is 26.8 Å². The van der Waals surface area contributed by atoms with Crippen LogP contribution in [-0.4, -0.2) is 63.2 Å². The standard InChI is InChI=1S/C31H33ClN5O4Si/c1-29(11-12-29)25(20-6-4-5-7-22(20)32)31(42,35-26(38)23-10-15-33-37(23)3)27(39)34-19-8-9-21-24(18-19)36(2)28(40)30(21)13-16-41-17-14-30/h4-10,15,18,25H,11-14,16-17H2,1-3H3,(H,34,39)(H,35,38)/t25-,31+/m1/s1. The number of hydrogen-bond donors (Lipinski definition) is 2. The minimum Gasteiger partial charge on any atom is -0.381 e. The van der Waals surface area contributed by atoms with E-state index in [1.54, 1.807) is 31.1 Å². The van der Waals surface area contributed by atoms with Crippen LogP contribution in [0.1, 0.15) is 60.1 Å². The Morgan fingerprint density at radius 1 is 1.10 bits per heavy atom. The zero-order valence-corrected chi connectivity index (χ0v) is 25.6. The van der Waals surface area contributed by atoms with Gasteiger partial charge in [-0.05, 0) is 66.5 Å². The molecule has 3 aromatic rings. The molecule has 11 heteroatoms. The van der Waals surface area contributed by atoms with Crippen molar-refractivity contribution in [1.82, 2.24) is 15.1 Å². The van der Waals surface area contributed by atoms with Crippen molar-refractivity contribution < 1.29 is 19.1 Å². The van der Waals surface area contributed by atoms with Gasteiger partial charge in [0.15, 0.2) is 0 Å². The van der Waals surface area contributed by atoms with Crippen molar-refractivity contribution in [2.75, 3.05) is 30.5 Å². The number of nitrogens with zero attached hydrogens (tertiary/aromatic N) is 3. The highest BCUT2D eigenvalue weighted by Gasteiger charge is 2.58. The van der Waals surface area contributed by atoms with Crippen molar-refractivity contribution in [2.45, 2.75) is 49.1 Å². The summed E-state index contributed by atoms with van der Waals surface area (Å²) in [6.45, 7) is 3.16. The summed E-state index contributed by atoms with van der Waals surface area (Å²) < 4.78 is 7.01. The second-order valence-electron chi connectivity index (χ2n) is 12.0. The topological polar surface area (TPSA) is 106 Å². The van der Waals surface area contributed by atoms with E-state index in [4.69, 9.17) is 16.3 Å². The second-order valence-corrected chi connectivity index (χ2v) is 13.2. The minimum absolute atomic E-state index is 0.0441. The van der Waals surface area contributed by atoms with Gasteiger partial charge >= 0.3 is 0 Å². The van der Waals surface area contributed by atoms with Crippen molar-refractivity contribution in [3.8, 4) is 0 Å². The summed E-state index contributed by atoms with van der Waals surface area (Å²) in [5, 5.41) is 9.10. The Morgan fingerprint density at radius 3 is 2.45 bits per heavy atom. The lowest BCUT2D eigenvalue weighted by Gasteiger charge is -2.41. The molecule has 9 nitrogen and oxygen atoms in total. The quantitative estimate of drug-likeness (QED) is 0.399. The Morgan fingerprint density at radius 2 is 1.81 bits per heavy atom. The smallest absolute Gasteiger partial charge is 0.270 e. The van der Waals surface area contributed by atoms with Gasteiger partial charge < -0.3 is 20.3 Å². The molecule has 2 aliphatic heterocycles. The van der Waals surface area contributed by atoms with Crippen LogP contribution in [0.4, 0.5) is 11.4 Å². The Kier molecular flexibility index (Phi) is 7.06. The molecule has 2 atom stereocenters. The van der Waals surface area contributed by atoms with Crippen LogP contribution in [0, 0.1) is 5.41 Å². The maximum Gasteiger partial charge on any atom is 0.270 e. The molecule has 2 aromatic carbocycles. The number of aromatic nitrogens is 2. The van der Waals surface area contributed by atoms with E-state index in [2.05, 4.69) is 32.9 Å². The minimum atomic E-state index is -1.58. The third-order valence-corrected chi connectivity index (χ3v) is 10.3. The van der Waals surface area contributed by atoms with Crippen LogP contribution in [0.25, 0.3) is 0 Å². The molecular weight excluding hydrogens is 570 g/mol. The summed E-state index contributed by atoms with van der Waals surface area (Å²) in [5.41, 5.74) is 2.39. The lowest BCUT2D eigenvalue weighted by molar-refractivity contribution is -0.126. The first-order valence-electron chi connectivity index (χ1n) is 14.1. The number of carbonyl (C=O) groups excluding carboxylic acids is 3. The number of benzene rings is 2. The molecule has 3 amide bonds. The van der Waals surface area contributed by atoms with Gasteiger partial charge in [-0.1, -0.05) is 42.8 Å². The van der Waals surface area contributed by atoms with Gasteiger partial charge in [0, 0.05) is 55.8 Å².